The molecule has 0 saturated carbocycles. The fourth-order valence-corrected chi connectivity index (χ4v) is 1.06. The van der Waals surface area contributed by atoms with Crippen molar-refractivity contribution in [3.63, 3.8) is 0 Å². The van der Waals surface area contributed by atoms with Gasteiger partial charge in [0.1, 0.15) is 24.4 Å². The molecular formula is C8H16O6. The molecule has 0 unspecified atom stereocenters. The lowest BCUT2D eigenvalue weighted by Gasteiger charge is -2.00. The standard InChI is InChI=1S/2C4H8O3/c2*5-3-1-7-2-4(3)6/h2*3-6H,1-2H2/t2*3-,4-/m10/s1. The van der Waals surface area contributed by atoms with Crippen molar-refractivity contribution < 1.29 is 29.9 Å². The van der Waals surface area contributed by atoms with Crippen molar-refractivity contribution in [1.29, 1.82) is 0 Å². The van der Waals surface area contributed by atoms with Gasteiger partial charge in [0.2, 0.25) is 0 Å². The Labute approximate surface area is 81.7 Å². The zero-order valence-corrected chi connectivity index (χ0v) is 7.74. The SMILES string of the molecule is O[C@@H]1COC[C@H]1O.O[C@H]1COC[C@@H]1O. The van der Waals surface area contributed by atoms with Gasteiger partial charge in [-0.25, -0.2) is 0 Å². The lowest BCUT2D eigenvalue weighted by atomic mass is 10.3. The molecule has 0 bridgehead atoms. The molecule has 4 atom stereocenters. The highest BCUT2D eigenvalue weighted by molar-refractivity contribution is 4.71. The summed E-state index contributed by atoms with van der Waals surface area (Å²) in [7, 11) is 0. The molecule has 2 saturated heterocycles. The first-order valence-corrected chi connectivity index (χ1v) is 4.49. The van der Waals surface area contributed by atoms with Crippen LogP contribution in [-0.4, -0.2) is 71.3 Å². The fourth-order valence-electron chi connectivity index (χ4n) is 1.06. The smallest absolute Gasteiger partial charge is 0.105 e. The van der Waals surface area contributed by atoms with E-state index in [1.165, 1.54) is 0 Å². The van der Waals surface area contributed by atoms with Gasteiger partial charge in [-0.05, 0) is 0 Å². The van der Waals surface area contributed by atoms with Gasteiger partial charge in [-0.3, -0.25) is 0 Å². The van der Waals surface area contributed by atoms with Gasteiger partial charge < -0.3 is 29.9 Å². The second kappa shape index (κ2) is 5.59. The van der Waals surface area contributed by atoms with Gasteiger partial charge in [-0.2, -0.15) is 0 Å². The maximum Gasteiger partial charge on any atom is 0.105 e. The predicted octanol–water partition coefficient (Wildman–Crippen LogP) is -2.52. The van der Waals surface area contributed by atoms with E-state index >= 15 is 0 Å². The highest BCUT2D eigenvalue weighted by atomic mass is 16.5. The second-order valence-electron chi connectivity index (χ2n) is 3.34. The van der Waals surface area contributed by atoms with E-state index in [4.69, 9.17) is 20.4 Å². The molecule has 0 aromatic carbocycles. The summed E-state index contributed by atoms with van der Waals surface area (Å²) in [6.07, 6.45) is -2.61. The molecule has 84 valence electrons. The van der Waals surface area contributed by atoms with Crippen molar-refractivity contribution in [3.8, 4) is 0 Å². The van der Waals surface area contributed by atoms with Gasteiger partial charge in [0.05, 0.1) is 26.4 Å². The molecule has 0 aromatic heterocycles. The highest BCUT2D eigenvalue weighted by Crippen LogP contribution is 2.03. The molecule has 6 nitrogen and oxygen atoms in total. The van der Waals surface area contributed by atoms with Crippen molar-refractivity contribution in [2.24, 2.45) is 0 Å². The minimum absolute atomic E-state index is 0.279. The molecule has 0 aliphatic carbocycles. The summed E-state index contributed by atoms with van der Waals surface area (Å²) in [5, 5.41) is 34.5. The van der Waals surface area contributed by atoms with Gasteiger partial charge in [0.15, 0.2) is 0 Å². The van der Waals surface area contributed by atoms with Crippen molar-refractivity contribution in [2.75, 3.05) is 26.4 Å². The van der Waals surface area contributed by atoms with E-state index < -0.39 is 24.4 Å². The minimum atomic E-state index is -0.653. The number of ether oxygens (including phenoxy) is 2. The first-order chi connectivity index (χ1) is 6.61. The zero-order valence-electron chi connectivity index (χ0n) is 7.74. The molecule has 2 aliphatic rings. The van der Waals surface area contributed by atoms with E-state index in [1.807, 2.05) is 0 Å². The largest absolute Gasteiger partial charge is 0.388 e. The average Bonchev–Trinajstić information content (AvgIpc) is 2.67. The second-order valence-corrected chi connectivity index (χ2v) is 3.34. The monoisotopic (exact) mass is 208 g/mol. The predicted molar refractivity (Wildman–Crippen MR) is 45.7 cm³/mol. The van der Waals surface area contributed by atoms with Crippen molar-refractivity contribution >= 4 is 0 Å². The van der Waals surface area contributed by atoms with Crippen LogP contribution in [0, 0.1) is 0 Å². The lowest BCUT2D eigenvalue weighted by molar-refractivity contribution is 0.0572. The number of aliphatic hydroxyl groups is 4. The Morgan fingerprint density at radius 2 is 0.786 bits per heavy atom. The fraction of sp³-hybridized carbons (Fsp3) is 1.00. The quantitative estimate of drug-likeness (QED) is 0.350. The molecule has 0 amide bonds. The Bertz CT molecular complexity index is 130. The number of rotatable bonds is 0. The van der Waals surface area contributed by atoms with Gasteiger partial charge >= 0.3 is 0 Å². The van der Waals surface area contributed by atoms with Crippen molar-refractivity contribution in [1.82, 2.24) is 0 Å². The highest BCUT2D eigenvalue weighted by Gasteiger charge is 2.23. The van der Waals surface area contributed by atoms with E-state index in [1.54, 1.807) is 0 Å². The first kappa shape index (κ1) is 11.8. The molecule has 14 heavy (non-hydrogen) atoms. The topological polar surface area (TPSA) is 99.4 Å². The van der Waals surface area contributed by atoms with Crippen LogP contribution in [0.1, 0.15) is 0 Å². The summed E-state index contributed by atoms with van der Waals surface area (Å²) in [6, 6.07) is 0. The Hall–Kier alpha value is -0.240. The lowest BCUT2D eigenvalue weighted by Crippen LogP contribution is -2.22. The van der Waals surface area contributed by atoms with E-state index in [2.05, 4.69) is 9.47 Å². The zero-order chi connectivity index (χ0) is 10.6. The molecule has 2 fully saturated rings. The molecular weight excluding hydrogens is 192 g/mol. The summed E-state index contributed by atoms with van der Waals surface area (Å²) < 4.78 is 9.34. The van der Waals surface area contributed by atoms with Crippen LogP contribution >= 0.6 is 0 Å². The van der Waals surface area contributed by atoms with Crippen LogP contribution in [0.4, 0.5) is 0 Å². The Morgan fingerprint density at radius 1 is 0.571 bits per heavy atom. The third-order valence-corrected chi connectivity index (χ3v) is 2.04. The van der Waals surface area contributed by atoms with Crippen LogP contribution in [0.15, 0.2) is 0 Å². The minimum Gasteiger partial charge on any atom is -0.388 e. The number of hydrogen-bond acceptors (Lipinski definition) is 6. The number of hydrogen-bond donors (Lipinski definition) is 4. The van der Waals surface area contributed by atoms with Crippen LogP contribution in [-0.2, 0) is 9.47 Å². The van der Waals surface area contributed by atoms with Crippen molar-refractivity contribution in [2.45, 2.75) is 24.4 Å². The van der Waals surface area contributed by atoms with E-state index in [0.717, 1.165) is 0 Å². The average molecular weight is 208 g/mol. The van der Waals surface area contributed by atoms with Crippen LogP contribution in [0.3, 0.4) is 0 Å². The molecule has 0 spiro atoms. The van der Waals surface area contributed by atoms with E-state index in [0.29, 0.717) is 0 Å². The van der Waals surface area contributed by atoms with Gasteiger partial charge in [0.25, 0.3) is 0 Å². The number of aliphatic hydroxyl groups excluding tert-OH is 4. The van der Waals surface area contributed by atoms with Gasteiger partial charge in [0, 0.05) is 0 Å². The Kier molecular flexibility index (Phi) is 4.73. The van der Waals surface area contributed by atoms with Crippen LogP contribution in [0.25, 0.3) is 0 Å². The summed E-state index contributed by atoms with van der Waals surface area (Å²) in [6.45, 7) is 1.12. The molecule has 2 heterocycles. The third-order valence-electron chi connectivity index (χ3n) is 2.04. The van der Waals surface area contributed by atoms with E-state index in [9.17, 15) is 0 Å². The molecule has 6 heteroatoms. The summed E-state index contributed by atoms with van der Waals surface area (Å²) in [4.78, 5) is 0. The Balaban J connectivity index is 0.000000140. The van der Waals surface area contributed by atoms with Crippen LogP contribution in [0.5, 0.6) is 0 Å². The van der Waals surface area contributed by atoms with Gasteiger partial charge in [-0.1, -0.05) is 0 Å². The normalized spacial score (nSPS) is 42.0. The molecule has 2 aliphatic heterocycles. The molecule has 0 aromatic rings. The van der Waals surface area contributed by atoms with Gasteiger partial charge in [-0.15, -0.1) is 0 Å². The molecule has 2 rings (SSSR count). The van der Waals surface area contributed by atoms with Crippen LogP contribution < -0.4 is 0 Å². The van der Waals surface area contributed by atoms with Crippen molar-refractivity contribution in [3.05, 3.63) is 0 Å². The first-order valence-electron chi connectivity index (χ1n) is 4.49. The molecule has 4 N–H and O–H groups in total. The summed E-state index contributed by atoms with van der Waals surface area (Å²) in [5.41, 5.74) is 0. The third kappa shape index (κ3) is 3.49. The Morgan fingerprint density at radius 3 is 0.857 bits per heavy atom. The summed E-state index contributed by atoms with van der Waals surface area (Å²) in [5.74, 6) is 0. The molecule has 0 radical (unpaired) electrons. The van der Waals surface area contributed by atoms with E-state index in [-0.39, 0.29) is 26.4 Å². The van der Waals surface area contributed by atoms with Crippen LogP contribution in [0.2, 0.25) is 0 Å². The summed E-state index contributed by atoms with van der Waals surface area (Å²) >= 11 is 0. The maximum absolute atomic E-state index is 8.62. The maximum atomic E-state index is 8.62.